The Hall–Kier alpha value is -2.13. The lowest BCUT2D eigenvalue weighted by Crippen LogP contribution is -2.31. The summed E-state index contributed by atoms with van der Waals surface area (Å²) >= 11 is 0. The van der Waals surface area contributed by atoms with Crippen molar-refractivity contribution in [2.24, 2.45) is 0 Å². The molecule has 2 aromatic carbocycles. The Balaban J connectivity index is 1.84. The fraction of sp³-hybridized carbons (Fsp3) is 0.235. The molecule has 100 valence electrons. The zero-order valence-electron chi connectivity index (χ0n) is 11.5. The zero-order valence-corrected chi connectivity index (χ0v) is 11.5. The highest BCUT2D eigenvalue weighted by molar-refractivity contribution is 5.76. The van der Waals surface area contributed by atoms with Crippen LogP contribution < -0.4 is 5.32 Å². The van der Waals surface area contributed by atoms with E-state index in [1.807, 2.05) is 0 Å². The van der Waals surface area contributed by atoms with Crippen molar-refractivity contribution in [1.82, 2.24) is 15.3 Å². The van der Waals surface area contributed by atoms with Gasteiger partial charge in [-0.05, 0) is 42.2 Å². The first kappa shape index (κ1) is 11.7. The summed E-state index contributed by atoms with van der Waals surface area (Å²) in [5.74, 6) is 1.01. The number of benzene rings is 2. The van der Waals surface area contributed by atoms with E-state index >= 15 is 0 Å². The van der Waals surface area contributed by atoms with Crippen LogP contribution in [-0.2, 0) is 6.42 Å². The molecule has 0 saturated carbocycles. The second-order valence-corrected chi connectivity index (χ2v) is 5.48. The van der Waals surface area contributed by atoms with Crippen molar-refractivity contribution in [2.45, 2.75) is 19.4 Å². The van der Waals surface area contributed by atoms with Gasteiger partial charge < -0.3 is 10.3 Å². The lowest BCUT2D eigenvalue weighted by atomic mass is 9.94. The molecule has 2 N–H and O–H groups in total. The van der Waals surface area contributed by atoms with Gasteiger partial charge in [0.15, 0.2) is 0 Å². The molecule has 0 fully saturated rings. The molecule has 3 aromatic rings. The van der Waals surface area contributed by atoms with Gasteiger partial charge in [0, 0.05) is 6.54 Å². The zero-order chi connectivity index (χ0) is 13.5. The molecule has 0 bridgehead atoms. The van der Waals surface area contributed by atoms with Gasteiger partial charge in [0.05, 0.1) is 17.1 Å². The first-order valence-corrected chi connectivity index (χ1v) is 7.09. The minimum absolute atomic E-state index is 0.174. The van der Waals surface area contributed by atoms with Gasteiger partial charge in [-0.3, -0.25) is 0 Å². The molecule has 1 unspecified atom stereocenters. The molecule has 4 rings (SSSR count). The smallest absolute Gasteiger partial charge is 0.129 e. The largest absolute Gasteiger partial charge is 0.340 e. The standard InChI is InChI=1S/C17H17N3/c1-11-6-7-14-15(10-11)20-17(19-14)16-13-5-3-2-4-12(13)8-9-18-16/h2-7,10,16,18H,8-9H2,1H3,(H,19,20). The van der Waals surface area contributed by atoms with Crippen LogP contribution in [0.25, 0.3) is 11.0 Å². The van der Waals surface area contributed by atoms with E-state index in [2.05, 4.69) is 59.7 Å². The summed E-state index contributed by atoms with van der Waals surface area (Å²) in [4.78, 5) is 8.23. The first-order valence-electron chi connectivity index (χ1n) is 7.09. The number of aromatic amines is 1. The number of hydrogen-bond donors (Lipinski definition) is 2. The van der Waals surface area contributed by atoms with Crippen LogP contribution in [0, 0.1) is 6.92 Å². The van der Waals surface area contributed by atoms with E-state index in [-0.39, 0.29) is 6.04 Å². The molecule has 0 radical (unpaired) electrons. The van der Waals surface area contributed by atoms with Gasteiger partial charge in [-0.15, -0.1) is 0 Å². The molecule has 1 atom stereocenters. The number of aromatic nitrogens is 2. The van der Waals surface area contributed by atoms with Gasteiger partial charge in [0.1, 0.15) is 5.82 Å². The van der Waals surface area contributed by atoms with E-state index < -0.39 is 0 Å². The average molecular weight is 263 g/mol. The van der Waals surface area contributed by atoms with Crippen LogP contribution in [0.5, 0.6) is 0 Å². The molecule has 2 heterocycles. The van der Waals surface area contributed by atoms with Crippen LogP contribution in [0.4, 0.5) is 0 Å². The average Bonchev–Trinajstić information content (AvgIpc) is 2.89. The van der Waals surface area contributed by atoms with Gasteiger partial charge in [-0.1, -0.05) is 30.3 Å². The van der Waals surface area contributed by atoms with Gasteiger partial charge in [0.2, 0.25) is 0 Å². The van der Waals surface area contributed by atoms with Gasteiger partial charge >= 0.3 is 0 Å². The molecule has 0 saturated heterocycles. The molecule has 0 spiro atoms. The highest BCUT2D eigenvalue weighted by Gasteiger charge is 2.23. The predicted octanol–water partition coefficient (Wildman–Crippen LogP) is 3.11. The number of rotatable bonds is 1. The van der Waals surface area contributed by atoms with Gasteiger partial charge in [-0.25, -0.2) is 4.98 Å². The summed E-state index contributed by atoms with van der Waals surface area (Å²) in [6.07, 6.45) is 1.09. The number of imidazole rings is 1. The second-order valence-electron chi connectivity index (χ2n) is 5.48. The maximum absolute atomic E-state index is 4.76. The lowest BCUT2D eigenvalue weighted by molar-refractivity contribution is 0.549. The highest BCUT2D eigenvalue weighted by Crippen LogP contribution is 2.28. The number of aryl methyl sites for hydroxylation is 1. The summed E-state index contributed by atoms with van der Waals surface area (Å²) in [5.41, 5.74) is 6.17. The summed E-state index contributed by atoms with van der Waals surface area (Å²) < 4.78 is 0. The van der Waals surface area contributed by atoms with Crippen LogP contribution in [0.15, 0.2) is 42.5 Å². The van der Waals surface area contributed by atoms with Crippen molar-refractivity contribution >= 4 is 11.0 Å². The fourth-order valence-electron chi connectivity index (χ4n) is 3.03. The van der Waals surface area contributed by atoms with E-state index in [4.69, 9.17) is 4.98 Å². The normalized spacial score (nSPS) is 18.1. The van der Waals surface area contributed by atoms with Crippen LogP contribution >= 0.6 is 0 Å². The van der Waals surface area contributed by atoms with E-state index in [9.17, 15) is 0 Å². The number of nitrogens with zero attached hydrogens (tertiary/aromatic N) is 1. The third-order valence-corrected chi connectivity index (χ3v) is 4.04. The minimum atomic E-state index is 0.174. The number of H-pyrrole nitrogens is 1. The van der Waals surface area contributed by atoms with Gasteiger partial charge in [0.25, 0.3) is 0 Å². The van der Waals surface area contributed by atoms with Crippen molar-refractivity contribution in [1.29, 1.82) is 0 Å². The summed E-state index contributed by atoms with van der Waals surface area (Å²) in [6.45, 7) is 3.10. The third-order valence-electron chi connectivity index (χ3n) is 4.04. The molecule has 1 aliphatic rings. The first-order chi connectivity index (χ1) is 9.81. The molecule has 3 nitrogen and oxygen atoms in total. The molecular weight excluding hydrogens is 246 g/mol. The van der Waals surface area contributed by atoms with Crippen molar-refractivity contribution in [3.8, 4) is 0 Å². The molecule has 3 heteroatoms. The van der Waals surface area contributed by atoms with E-state index in [1.54, 1.807) is 0 Å². The minimum Gasteiger partial charge on any atom is -0.340 e. The monoisotopic (exact) mass is 263 g/mol. The van der Waals surface area contributed by atoms with Gasteiger partial charge in [-0.2, -0.15) is 0 Å². The Morgan fingerprint density at radius 2 is 2.05 bits per heavy atom. The molecule has 0 aliphatic carbocycles. The Bertz CT molecular complexity index is 773. The van der Waals surface area contributed by atoms with Crippen molar-refractivity contribution in [3.63, 3.8) is 0 Å². The van der Waals surface area contributed by atoms with E-state index in [0.717, 1.165) is 29.8 Å². The predicted molar refractivity (Wildman–Crippen MR) is 80.8 cm³/mol. The Labute approximate surface area is 118 Å². The topological polar surface area (TPSA) is 40.7 Å². The molecule has 0 amide bonds. The number of fused-ring (bicyclic) bond motifs is 2. The Morgan fingerprint density at radius 3 is 3.00 bits per heavy atom. The summed E-state index contributed by atoms with van der Waals surface area (Å²) in [5, 5.41) is 3.57. The number of hydrogen-bond acceptors (Lipinski definition) is 2. The van der Waals surface area contributed by atoms with Crippen LogP contribution in [-0.4, -0.2) is 16.5 Å². The van der Waals surface area contributed by atoms with Crippen LogP contribution in [0.2, 0.25) is 0 Å². The Morgan fingerprint density at radius 1 is 1.15 bits per heavy atom. The highest BCUT2D eigenvalue weighted by atomic mass is 15.0. The quantitative estimate of drug-likeness (QED) is 0.708. The lowest BCUT2D eigenvalue weighted by Gasteiger charge is -2.25. The third kappa shape index (κ3) is 1.82. The number of nitrogens with one attached hydrogen (secondary N) is 2. The Kier molecular flexibility index (Phi) is 2.60. The maximum Gasteiger partial charge on any atom is 0.129 e. The van der Waals surface area contributed by atoms with Crippen molar-refractivity contribution in [2.75, 3.05) is 6.54 Å². The van der Waals surface area contributed by atoms with Crippen LogP contribution in [0.3, 0.4) is 0 Å². The second kappa shape index (κ2) is 4.46. The maximum atomic E-state index is 4.76. The SMILES string of the molecule is Cc1ccc2nc(C3NCCc4ccccc43)[nH]c2c1. The van der Waals surface area contributed by atoms with Crippen molar-refractivity contribution in [3.05, 3.63) is 65.0 Å². The van der Waals surface area contributed by atoms with E-state index in [1.165, 1.54) is 16.7 Å². The summed E-state index contributed by atoms with van der Waals surface area (Å²) in [6, 6.07) is 15.2. The molecular formula is C17H17N3. The summed E-state index contributed by atoms with van der Waals surface area (Å²) in [7, 11) is 0. The molecule has 1 aromatic heterocycles. The van der Waals surface area contributed by atoms with E-state index in [0.29, 0.717) is 0 Å². The van der Waals surface area contributed by atoms with Crippen LogP contribution in [0.1, 0.15) is 28.6 Å². The van der Waals surface area contributed by atoms with Crippen molar-refractivity contribution < 1.29 is 0 Å². The fourth-order valence-corrected chi connectivity index (χ4v) is 3.03. The molecule has 1 aliphatic heterocycles. The molecule has 20 heavy (non-hydrogen) atoms.